The van der Waals surface area contributed by atoms with E-state index >= 15 is 0 Å². The van der Waals surface area contributed by atoms with Crippen LogP contribution in [0.4, 0.5) is 5.69 Å². The monoisotopic (exact) mass is 468 g/mol. The van der Waals surface area contributed by atoms with E-state index in [1.165, 1.54) is 16.3 Å². The van der Waals surface area contributed by atoms with Gasteiger partial charge in [-0.1, -0.05) is 85.5 Å². The fourth-order valence-corrected chi connectivity index (χ4v) is 5.78. The number of rotatable bonds is 3. The van der Waals surface area contributed by atoms with E-state index in [-0.39, 0.29) is 0 Å². The average Bonchev–Trinajstić information content (AvgIpc) is 3.24. The number of hydrogen-bond donors (Lipinski definition) is 0. The summed E-state index contributed by atoms with van der Waals surface area (Å²) in [6, 6.07) is 31.5. The summed E-state index contributed by atoms with van der Waals surface area (Å²) >= 11 is 0. The van der Waals surface area contributed by atoms with E-state index < -0.39 is 8.07 Å². The van der Waals surface area contributed by atoms with Gasteiger partial charge in [-0.3, -0.25) is 0 Å². The van der Waals surface area contributed by atoms with Gasteiger partial charge < -0.3 is 4.42 Å². The molecule has 0 aliphatic heterocycles. The molecule has 6 aromatic rings. The van der Waals surface area contributed by atoms with Crippen molar-refractivity contribution in [3.8, 4) is 22.4 Å². The number of furan rings is 1. The molecule has 0 bridgehead atoms. The highest BCUT2D eigenvalue weighted by molar-refractivity contribution is 6.88. The van der Waals surface area contributed by atoms with Gasteiger partial charge in [-0.05, 0) is 41.5 Å². The molecule has 0 atom stereocenters. The molecule has 2 heterocycles. The van der Waals surface area contributed by atoms with Crippen molar-refractivity contribution >= 4 is 51.8 Å². The molecule has 0 saturated carbocycles. The van der Waals surface area contributed by atoms with Crippen molar-refractivity contribution in [3.63, 3.8) is 0 Å². The predicted molar refractivity (Wildman–Crippen MR) is 149 cm³/mol. The fraction of sp³-hybridized carbons (Fsp3) is 0.0968. The highest BCUT2D eigenvalue weighted by Crippen LogP contribution is 2.34. The number of nitrogens with zero attached hydrogens (tertiary/aromatic N) is 2. The van der Waals surface area contributed by atoms with E-state index in [1.54, 1.807) is 6.07 Å². The molecular weight excluding hydrogens is 444 g/mol. The summed E-state index contributed by atoms with van der Waals surface area (Å²) in [6.07, 6.45) is 0. The molecule has 0 amide bonds. The fourth-order valence-electron chi connectivity index (χ4n) is 4.61. The lowest BCUT2D eigenvalue weighted by atomic mass is 10.0. The second-order valence-electron chi connectivity index (χ2n) is 10.0. The van der Waals surface area contributed by atoms with Crippen molar-refractivity contribution in [3.05, 3.63) is 102 Å². The Bertz CT molecular complexity index is 1780. The van der Waals surface area contributed by atoms with Crippen LogP contribution in [-0.4, -0.2) is 13.1 Å². The lowest BCUT2D eigenvalue weighted by Gasteiger charge is -2.16. The van der Waals surface area contributed by atoms with Crippen molar-refractivity contribution < 1.29 is 4.42 Å². The zero-order valence-electron chi connectivity index (χ0n) is 20.0. The van der Waals surface area contributed by atoms with E-state index in [9.17, 15) is 0 Å². The molecule has 0 fully saturated rings. The van der Waals surface area contributed by atoms with Crippen LogP contribution in [0.3, 0.4) is 0 Å². The molecule has 6 rings (SSSR count). The van der Waals surface area contributed by atoms with Crippen LogP contribution in [-0.2, 0) is 0 Å². The van der Waals surface area contributed by atoms with Gasteiger partial charge in [0.25, 0.3) is 0 Å². The van der Waals surface area contributed by atoms with Crippen molar-refractivity contribution in [2.75, 3.05) is 0 Å². The molecule has 4 aromatic carbocycles. The molecule has 0 saturated heterocycles. The van der Waals surface area contributed by atoms with Crippen molar-refractivity contribution in [2.24, 2.45) is 0 Å². The first-order valence-corrected chi connectivity index (χ1v) is 15.2. The Morgan fingerprint density at radius 2 is 1.34 bits per heavy atom. The summed E-state index contributed by atoms with van der Waals surface area (Å²) in [7, 11) is -1.31. The maximum atomic E-state index is 7.25. The molecule has 3 nitrogen and oxygen atoms in total. The Labute approximate surface area is 205 Å². The van der Waals surface area contributed by atoms with Gasteiger partial charge in [-0.2, -0.15) is 0 Å². The molecule has 168 valence electrons. The summed E-state index contributed by atoms with van der Waals surface area (Å²) in [5, 5.41) is 4.65. The highest BCUT2D eigenvalue weighted by atomic mass is 28.3. The molecule has 0 spiro atoms. The van der Waals surface area contributed by atoms with E-state index in [1.807, 2.05) is 18.2 Å². The molecule has 0 N–H and O–H groups in total. The van der Waals surface area contributed by atoms with Crippen LogP contribution in [0, 0.1) is 6.57 Å². The van der Waals surface area contributed by atoms with Gasteiger partial charge in [-0.25, -0.2) is 9.83 Å². The number of pyridine rings is 1. The van der Waals surface area contributed by atoms with Gasteiger partial charge in [0.2, 0.25) is 0 Å². The first kappa shape index (κ1) is 21.3. The highest BCUT2D eigenvalue weighted by Gasteiger charge is 2.16. The zero-order valence-corrected chi connectivity index (χ0v) is 21.0. The van der Waals surface area contributed by atoms with Crippen LogP contribution in [0.1, 0.15) is 0 Å². The van der Waals surface area contributed by atoms with Gasteiger partial charge >= 0.3 is 0 Å². The molecule has 35 heavy (non-hydrogen) atoms. The molecule has 2 aromatic heterocycles. The van der Waals surface area contributed by atoms with Gasteiger partial charge in [0.05, 0.1) is 25.9 Å². The van der Waals surface area contributed by atoms with Crippen LogP contribution in [0.15, 0.2) is 95.4 Å². The maximum Gasteiger partial charge on any atom is 0.190 e. The quantitative estimate of drug-likeness (QED) is 0.192. The summed E-state index contributed by atoms with van der Waals surface area (Å²) in [5.74, 6) is 0. The first-order chi connectivity index (χ1) is 16.9. The standard InChI is InChI=1S/C31H24N2OSi/c1-32-24-11-15-27-26-14-9-23(18-30(26)34-31(27)19-24)28-16-10-21-5-6-22(17-29(21)33-28)20-7-12-25(13-8-20)35(2,3)4/h5-19H,2-4H3. The molecule has 0 aliphatic carbocycles. The number of benzene rings is 4. The summed E-state index contributed by atoms with van der Waals surface area (Å²) in [6.45, 7) is 14.4. The van der Waals surface area contributed by atoms with Crippen LogP contribution in [0.2, 0.25) is 19.6 Å². The maximum absolute atomic E-state index is 7.25. The van der Waals surface area contributed by atoms with Gasteiger partial charge in [-0.15, -0.1) is 0 Å². The van der Waals surface area contributed by atoms with Crippen LogP contribution < -0.4 is 5.19 Å². The lowest BCUT2D eigenvalue weighted by molar-refractivity contribution is 0.669. The minimum atomic E-state index is -1.31. The summed E-state index contributed by atoms with van der Waals surface area (Å²) in [4.78, 5) is 8.51. The topological polar surface area (TPSA) is 30.4 Å². The summed E-state index contributed by atoms with van der Waals surface area (Å²) < 4.78 is 6.09. The number of hydrogen-bond acceptors (Lipinski definition) is 2. The molecular formula is C31H24N2OSi. The van der Waals surface area contributed by atoms with E-state index in [0.717, 1.165) is 44.1 Å². The minimum absolute atomic E-state index is 0.582. The first-order valence-electron chi connectivity index (χ1n) is 11.7. The van der Waals surface area contributed by atoms with Gasteiger partial charge in [0.15, 0.2) is 5.69 Å². The second kappa shape index (κ2) is 7.94. The minimum Gasteiger partial charge on any atom is -0.457 e. The Hall–Kier alpha value is -4.20. The Balaban J connectivity index is 1.40. The average molecular weight is 469 g/mol. The number of fused-ring (bicyclic) bond motifs is 4. The normalized spacial score (nSPS) is 11.8. The third kappa shape index (κ3) is 3.80. The molecule has 0 radical (unpaired) electrons. The Kier molecular flexibility index (Phi) is 4.84. The lowest BCUT2D eigenvalue weighted by Crippen LogP contribution is -2.37. The second-order valence-corrected chi connectivity index (χ2v) is 15.1. The van der Waals surface area contributed by atoms with Crippen LogP contribution >= 0.6 is 0 Å². The number of aromatic nitrogens is 1. The third-order valence-corrected chi connectivity index (χ3v) is 8.72. The predicted octanol–water partition coefficient (Wildman–Crippen LogP) is 8.56. The van der Waals surface area contributed by atoms with E-state index in [4.69, 9.17) is 16.0 Å². The Morgan fingerprint density at radius 1 is 0.686 bits per heavy atom. The van der Waals surface area contributed by atoms with Gasteiger partial charge in [0.1, 0.15) is 11.2 Å². The zero-order chi connectivity index (χ0) is 24.2. The van der Waals surface area contributed by atoms with E-state index in [2.05, 4.69) is 91.2 Å². The molecule has 0 aliphatic rings. The molecule has 4 heteroatoms. The smallest absolute Gasteiger partial charge is 0.190 e. The third-order valence-electron chi connectivity index (χ3n) is 6.66. The van der Waals surface area contributed by atoms with Crippen molar-refractivity contribution in [1.82, 2.24) is 4.98 Å². The largest absolute Gasteiger partial charge is 0.457 e. The Morgan fingerprint density at radius 3 is 2.09 bits per heavy atom. The summed E-state index contributed by atoms with van der Waals surface area (Å²) in [5.41, 5.74) is 7.40. The van der Waals surface area contributed by atoms with E-state index in [0.29, 0.717) is 5.69 Å². The van der Waals surface area contributed by atoms with Crippen molar-refractivity contribution in [2.45, 2.75) is 19.6 Å². The van der Waals surface area contributed by atoms with Crippen LogP contribution in [0.5, 0.6) is 0 Å². The van der Waals surface area contributed by atoms with Crippen LogP contribution in [0.25, 0.3) is 60.1 Å². The SMILES string of the molecule is [C-]#[N+]c1ccc2c(c1)oc1cc(-c3ccc4ccc(-c5ccc([Si](C)(C)C)cc5)cc4n3)ccc12. The van der Waals surface area contributed by atoms with Gasteiger partial charge in [0, 0.05) is 21.7 Å². The van der Waals surface area contributed by atoms with Crippen molar-refractivity contribution in [1.29, 1.82) is 0 Å². The molecule has 0 unspecified atom stereocenters.